The summed E-state index contributed by atoms with van der Waals surface area (Å²) in [4.78, 5) is 18.6. The third-order valence-electron chi connectivity index (χ3n) is 3.92. The normalized spacial score (nSPS) is 17.8. The van der Waals surface area contributed by atoms with Gasteiger partial charge < -0.3 is 9.64 Å². The molecule has 1 aliphatic rings. The van der Waals surface area contributed by atoms with E-state index < -0.39 is 0 Å². The zero-order valence-electron chi connectivity index (χ0n) is 12.0. The number of pyridine rings is 1. The summed E-state index contributed by atoms with van der Waals surface area (Å²) in [5.41, 5.74) is 1.81. The lowest BCUT2D eigenvalue weighted by Crippen LogP contribution is -2.30. The molecule has 2 heterocycles. The Morgan fingerprint density at radius 2 is 2.10 bits per heavy atom. The first-order valence-electron chi connectivity index (χ1n) is 7.14. The Morgan fingerprint density at radius 3 is 2.76 bits per heavy atom. The smallest absolute Gasteiger partial charge is 0.255 e. The summed E-state index contributed by atoms with van der Waals surface area (Å²) in [6.45, 7) is 0.796. The molecule has 21 heavy (non-hydrogen) atoms. The number of aromatic nitrogens is 1. The molecule has 4 nitrogen and oxygen atoms in total. The lowest BCUT2D eigenvalue weighted by atomic mass is 10.0. The largest absolute Gasteiger partial charge is 0.497 e. The number of carbonyl (C=O) groups is 1. The molecule has 0 N–H and O–H groups in total. The minimum Gasteiger partial charge on any atom is -0.497 e. The number of carbonyl (C=O) groups excluding carboxylic acids is 1. The maximum absolute atomic E-state index is 12.6. The summed E-state index contributed by atoms with van der Waals surface area (Å²) in [7, 11) is 1.66. The molecule has 1 atom stereocenters. The van der Waals surface area contributed by atoms with Crippen LogP contribution in [0.15, 0.2) is 48.8 Å². The highest BCUT2D eigenvalue weighted by atomic mass is 16.5. The number of amides is 1. The van der Waals surface area contributed by atoms with Crippen molar-refractivity contribution < 1.29 is 9.53 Å². The van der Waals surface area contributed by atoms with Gasteiger partial charge in [-0.3, -0.25) is 9.78 Å². The molecule has 2 aromatic rings. The number of hydrogen-bond acceptors (Lipinski definition) is 3. The van der Waals surface area contributed by atoms with Gasteiger partial charge in [-0.2, -0.15) is 0 Å². The highest BCUT2D eigenvalue weighted by Gasteiger charge is 2.30. The molecule has 108 valence electrons. The first-order chi connectivity index (χ1) is 10.3. The summed E-state index contributed by atoms with van der Waals surface area (Å²) in [5, 5.41) is 0. The summed E-state index contributed by atoms with van der Waals surface area (Å²) in [6, 6.07) is 11.7. The first-order valence-corrected chi connectivity index (χ1v) is 7.14. The summed E-state index contributed by atoms with van der Waals surface area (Å²) in [5.74, 6) is 0.892. The molecule has 0 spiro atoms. The van der Waals surface area contributed by atoms with E-state index in [-0.39, 0.29) is 11.9 Å². The summed E-state index contributed by atoms with van der Waals surface area (Å²) >= 11 is 0. The summed E-state index contributed by atoms with van der Waals surface area (Å²) < 4.78 is 5.19. The van der Waals surface area contributed by atoms with Crippen LogP contribution in [0.1, 0.15) is 34.8 Å². The number of nitrogens with zero attached hydrogens (tertiary/aromatic N) is 2. The Bertz CT molecular complexity index is 610. The molecule has 0 saturated carbocycles. The van der Waals surface area contributed by atoms with Crippen molar-refractivity contribution in [3.05, 3.63) is 59.9 Å². The number of likely N-dealkylation sites (tertiary alicyclic amines) is 1. The van der Waals surface area contributed by atoms with Crippen LogP contribution in [0.25, 0.3) is 0 Å². The molecular formula is C17H18N2O2. The van der Waals surface area contributed by atoms with E-state index in [2.05, 4.69) is 4.98 Å². The standard InChI is InChI=1S/C17H18N2O2/c1-21-15-8-6-13(7-9-15)16-5-3-11-19(16)17(20)14-4-2-10-18-12-14/h2,4,6-10,12,16H,3,5,11H2,1H3/t16-/m0/s1. The van der Waals surface area contributed by atoms with Crippen LogP contribution < -0.4 is 4.74 Å². The topological polar surface area (TPSA) is 42.4 Å². The van der Waals surface area contributed by atoms with Gasteiger partial charge in [0.1, 0.15) is 5.75 Å². The van der Waals surface area contributed by atoms with Crippen molar-refractivity contribution in [2.45, 2.75) is 18.9 Å². The van der Waals surface area contributed by atoms with Gasteiger partial charge >= 0.3 is 0 Å². The molecule has 4 heteroatoms. The maximum atomic E-state index is 12.6. The van der Waals surface area contributed by atoms with E-state index in [9.17, 15) is 4.79 Å². The van der Waals surface area contributed by atoms with Crippen molar-refractivity contribution in [1.82, 2.24) is 9.88 Å². The third-order valence-corrected chi connectivity index (χ3v) is 3.92. The van der Waals surface area contributed by atoms with Crippen LogP contribution in [0.5, 0.6) is 5.75 Å². The third kappa shape index (κ3) is 2.75. The van der Waals surface area contributed by atoms with E-state index in [1.165, 1.54) is 0 Å². The van der Waals surface area contributed by atoms with Gasteiger partial charge in [0.2, 0.25) is 0 Å². The molecule has 0 aliphatic carbocycles. The SMILES string of the molecule is COc1ccc([C@@H]2CCCN2C(=O)c2cccnc2)cc1. The van der Waals surface area contributed by atoms with Crippen molar-refractivity contribution >= 4 is 5.91 Å². The Kier molecular flexibility index (Phi) is 3.86. The Balaban J connectivity index is 1.83. The lowest BCUT2D eigenvalue weighted by Gasteiger charge is -2.25. The van der Waals surface area contributed by atoms with Gasteiger partial charge in [-0.25, -0.2) is 0 Å². The quantitative estimate of drug-likeness (QED) is 0.869. The second-order valence-electron chi connectivity index (χ2n) is 5.17. The van der Waals surface area contributed by atoms with Crippen LogP contribution in [0.2, 0.25) is 0 Å². The van der Waals surface area contributed by atoms with Gasteiger partial charge in [0.25, 0.3) is 5.91 Å². The van der Waals surface area contributed by atoms with Crippen molar-refractivity contribution in [2.24, 2.45) is 0 Å². The van der Waals surface area contributed by atoms with Crippen LogP contribution in [0, 0.1) is 0 Å². The van der Waals surface area contributed by atoms with Gasteiger partial charge in [-0.15, -0.1) is 0 Å². The van der Waals surface area contributed by atoms with Crippen LogP contribution in [-0.4, -0.2) is 29.4 Å². The van der Waals surface area contributed by atoms with Gasteiger partial charge in [-0.05, 0) is 42.7 Å². The predicted octanol–water partition coefficient (Wildman–Crippen LogP) is 3.07. The number of hydrogen-bond donors (Lipinski definition) is 0. The molecule has 1 aromatic carbocycles. The van der Waals surface area contributed by atoms with Crippen molar-refractivity contribution in [3.8, 4) is 5.75 Å². The highest BCUT2D eigenvalue weighted by Crippen LogP contribution is 2.33. The van der Waals surface area contributed by atoms with Crippen molar-refractivity contribution in [1.29, 1.82) is 0 Å². The fraction of sp³-hybridized carbons (Fsp3) is 0.294. The lowest BCUT2D eigenvalue weighted by molar-refractivity contribution is 0.0735. The minimum absolute atomic E-state index is 0.0569. The van der Waals surface area contributed by atoms with Crippen molar-refractivity contribution in [3.63, 3.8) is 0 Å². The van der Waals surface area contributed by atoms with Crippen LogP contribution in [-0.2, 0) is 0 Å². The molecule has 1 saturated heterocycles. The average molecular weight is 282 g/mol. The highest BCUT2D eigenvalue weighted by molar-refractivity contribution is 5.94. The van der Waals surface area contributed by atoms with Crippen LogP contribution >= 0.6 is 0 Å². The Hall–Kier alpha value is -2.36. The monoisotopic (exact) mass is 282 g/mol. The second kappa shape index (κ2) is 5.95. The molecule has 0 bridgehead atoms. The zero-order chi connectivity index (χ0) is 14.7. The van der Waals surface area contributed by atoms with E-state index in [0.29, 0.717) is 5.56 Å². The molecule has 0 radical (unpaired) electrons. The summed E-state index contributed by atoms with van der Waals surface area (Å²) in [6.07, 6.45) is 5.34. The molecule has 1 fully saturated rings. The molecule has 1 aromatic heterocycles. The fourth-order valence-electron chi connectivity index (χ4n) is 2.84. The average Bonchev–Trinajstić information content (AvgIpc) is 3.04. The van der Waals surface area contributed by atoms with Gasteiger partial charge in [0.15, 0.2) is 0 Å². The maximum Gasteiger partial charge on any atom is 0.255 e. The van der Waals surface area contributed by atoms with Gasteiger partial charge in [-0.1, -0.05) is 12.1 Å². The molecule has 1 amide bonds. The fourth-order valence-corrected chi connectivity index (χ4v) is 2.84. The Labute approximate surface area is 124 Å². The van der Waals surface area contributed by atoms with Gasteiger partial charge in [0.05, 0.1) is 18.7 Å². The van der Waals surface area contributed by atoms with Crippen LogP contribution in [0.3, 0.4) is 0 Å². The van der Waals surface area contributed by atoms with Gasteiger partial charge in [0, 0.05) is 18.9 Å². The van der Waals surface area contributed by atoms with E-state index in [1.807, 2.05) is 35.2 Å². The number of rotatable bonds is 3. The predicted molar refractivity (Wildman–Crippen MR) is 80.2 cm³/mol. The molecular weight excluding hydrogens is 264 g/mol. The van der Waals surface area contributed by atoms with E-state index in [0.717, 1.165) is 30.7 Å². The molecule has 1 aliphatic heterocycles. The molecule has 0 unspecified atom stereocenters. The van der Waals surface area contributed by atoms with Crippen LogP contribution in [0.4, 0.5) is 0 Å². The second-order valence-corrected chi connectivity index (χ2v) is 5.17. The van der Waals surface area contributed by atoms with Crippen molar-refractivity contribution in [2.75, 3.05) is 13.7 Å². The molecule has 3 rings (SSSR count). The van der Waals surface area contributed by atoms with E-state index in [1.54, 1.807) is 25.6 Å². The number of benzene rings is 1. The van der Waals surface area contributed by atoms with E-state index >= 15 is 0 Å². The number of methoxy groups -OCH3 is 1. The minimum atomic E-state index is 0.0569. The Morgan fingerprint density at radius 1 is 1.29 bits per heavy atom. The first kappa shape index (κ1) is 13.6. The number of ether oxygens (including phenoxy) is 1. The zero-order valence-corrected chi connectivity index (χ0v) is 12.0. The van der Waals surface area contributed by atoms with E-state index in [4.69, 9.17) is 4.74 Å².